The molecule has 0 unspecified atom stereocenters. The Bertz CT molecular complexity index is 631. The first kappa shape index (κ1) is 17.9. The molecule has 0 aromatic heterocycles. The summed E-state index contributed by atoms with van der Waals surface area (Å²) < 4.78 is 13.3. The van der Waals surface area contributed by atoms with Gasteiger partial charge in [-0.25, -0.2) is 4.39 Å². The number of hydrogen-bond donors (Lipinski definition) is 1. The van der Waals surface area contributed by atoms with E-state index in [1.807, 2.05) is 7.05 Å². The van der Waals surface area contributed by atoms with Gasteiger partial charge in [0.05, 0.1) is 12.6 Å². The van der Waals surface area contributed by atoms with Crippen LogP contribution in [0.2, 0.25) is 0 Å². The molecule has 1 atom stereocenters. The summed E-state index contributed by atoms with van der Waals surface area (Å²) in [4.78, 5) is 28.2. The largest absolute Gasteiger partial charge is 0.350 e. The molecule has 0 spiro atoms. The van der Waals surface area contributed by atoms with E-state index in [1.54, 1.807) is 17.0 Å². The highest BCUT2D eigenvalue weighted by Crippen LogP contribution is 2.22. The van der Waals surface area contributed by atoms with E-state index in [0.717, 1.165) is 18.4 Å². The van der Waals surface area contributed by atoms with Crippen molar-refractivity contribution in [2.24, 2.45) is 0 Å². The number of hydrogen-bond acceptors (Lipinski definition) is 3. The van der Waals surface area contributed by atoms with Crippen molar-refractivity contribution < 1.29 is 14.0 Å². The third-order valence-corrected chi connectivity index (χ3v) is 5.18. The Morgan fingerprint density at radius 3 is 2.84 bits per heavy atom. The van der Waals surface area contributed by atoms with Crippen LogP contribution in [0.25, 0.3) is 0 Å². The second-order valence-corrected chi connectivity index (χ2v) is 7.23. The number of carbonyl (C=O) groups excluding carboxylic acids is 2. The van der Waals surface area contributed by atoms with Gasteiger partial charge in [-0.1, -0.05) is 25.0 Å². The minimum atomic E-state index is -0.302. The van der Waals surface area contributed by atoms with Gasteiger partial charge in [-0.05, 0) is 37.6 Å². The lowest BCUT2D eigenvalue weighted by Crippen LogP contribution is -2.44. The molecule has 25 heavy (non-hydrogen) atoms. The number of halogens is 1. The Hall–Kier alpha value is -1.95. The number of benzene rings is 1. The van der Waals surface area contributed by atoms with Crippen molar-refractivity contribution in [3.05, 3.63) is 35.6 Å². The molecule has 2 fully saturated rings. The Labute approximate surface area is 148 Å². The third-order valence-electron chi connectivity index (χ3n) is 5.18. The monoisotopic (exact) mass is 347 g/mol. The number of nitrogens with zero attached hydrogens (tertiary/aromatic N) is 2. The fraction of sp³-hybridized carbons (Fsp3) is 0.579. The summed E-state index contributed by atoms with van der Waals surface area (Å²) in [6, 6.07) is 6.61. The van der Waals surface area contributed by atoms with Crippen molar-refractivity contribution in [1.82, 2.24) is 15.1 Å². The van der Waals surface area contributed by atoms with Gasteiger partial charge in [0.25, 0.3) is 0 Å². The molecular weight excluding hydrogens is 321 g/mol. The van der Waals surface area contributed by atoms with E-state index in [-0.39, 0.29) is 23.7 Å². The lowest BCUT2D eigenvalue weighted by atomic mass is 10.2. The van der Waals surface area contributed by atoms with Crippen LogP contribution in [0.4, 0.5) is 4.39 Å². The smallest absolute Gasteiger partial charge is 0.234 e. The molecule has 0 bridgehead atoms. The van der Waals surface area contributed by atoms with Crippen molar-refractivity contribution >= 4 is 11.8 Å². The van der Waals surface area contributed by atoms with Crippen LogP contribution in [0.5, 0.6) is 0 Å². The van der Waals surface area contributed by atoms with E-state index in [9.17, 15) is 14.0 Å². The van der Waals surface area contributed by atoms with Crippen LogP contribution in [0.15, 0.2) is 24.3 Å². The number of likely N-dealkylation sites (tertiary alicyclic amines) is 1. The van der Waals surface area contributed by atoms with Gasteiger partial charge in [-0.2, -0.15) is 0 Å². The summed E-state index contributed by atoms with van der Waals surface area (Å²) in [6.45, 7) is 1.23. The topological polar surface area (TPSA) is 52.7 Å². The Morgan fingerprint density at radius 2 is 2.12 bits per heavy atom. The summed E-state index contributed by atoms with van der Waals surface area (Å²) in [5.74, 6) is -0.331. The predicted octanol–water partition coefficient (Wildman–Crippen LogP) is 1.92. The molecule has 0 radical (unpaired) electrons. The van der Waals surface area contributed by atoms with Gasteiger partial charge in [0.1, 0.15) is 5.82 Å². The predicted molar refractivity (Wildman–Crippen MR) is 93.3 cm³/mol. The maximum atomic E-state index is 13.3. The zero-order valence-electron chi connectivity index (χ0n) is 14.7. The van der Waals surface area contributed by atoms with E-state index in [2.05, 4.69) is 10.2 Å². The van der Waals surface area contributed by atoms with E-state index < -0.39 is 0 Å². The van der Waals surface area contributed by atoms with Gasteiger partial charge < -0.3 is 10.2 Å². The number of rotatable bonds is 6. The average Bonchev–Trinajstić information content (AvgIpc) is 3.18. The fourth-order valence-electron chi connectivity index (χ4n) is 3.85. The standard InChI is InChI=1S/C19H26FN3O2/c1-22(17-7-2-3-8-17)13-18(24)21-16-10-19(25)23(12-16)11-14-5-4-6-15(20)9-14/h4-6,9,16-17H,2-3,7-8,10-13H2,1H3,(H,21,24)/t16-/m0/s1. The quantitative estimate of drug-likeness (QED) is 0.855. The van der Waals surface area contributed by atoms with Crippen LogP contribution in [-0.4, -0.2) is 53.8 Å². The molecule has 1 aromatic rings. The molecule has 1 aliphatic carbocycles. The molecule has 1 saturated heterocycles. The highest BCUT2D eigenvalue weighted by Gasteiger charge is 2.31. The maximum Gasteiger partial charge on any atom is 0.234 e. The lowest BCUT2D eigenvalue weighted by Gasteiger charge is -2.24. The average molecular weight is 347 g/mol. The normalized spacial score (nSPS) is 21.3. The lowest BCUT2D eigenvalue weighted by molar-refractivity contribution is -0.128. The van der Waals surface area contributed by atoms with Crippen LogP contribution < -0.4 is 5.32 Å². The Kier molecular flexibility index (Phi) is 5.68. The number of amides is 2. The molecule has 1 heterocycles. The maximum absolute atomic E-state index is 13.3. The molecule has 2 amide bonds. The Balaban J connectivity index is 1.47. The molecular formula is C19H26FN3O2. The van der Waals surface area contributed by atoms with Crippen molar-refractivity contribution in [2.45, 2.75) is 50.7 Å². The summed E-state index contributed by atoms with van der Waals surface area (Å²) in [5, 5.41) is 2.97. The van der Waals surface area contributed by atoms with E-state index in [0.29, 0.717) is 32.1 Å². The second-order valence-electron chi connectivity index (χ2n) is 7.23. The second kappa shape index (κ2) is 7.95. The van der Waals surface area contributed by atoms with E-state index in [4.69, 9.17) is 0 Å². The molecule has 1 aromatic carbocycles. The molecule has 5 nitrogen and oxygen atoms in total. The minimum Gasteiger partial charge on any atom is -0.350 e. The summed E-state index contributed by atoms with van der Waals surface area (Å²) in [5.41, 5.74) is 0.765. The van der Waals surface area contributed by atoms with Crippen LogP contribution in [0, 0.1) is 5.82 Å². The van der Waals surface area contributed by atoms with Crippen molar-refractivity contribution in [3.8, 4) is 0 Å². The number of nitrogens with one attached hydrogen (secondary N) is 1. The van der Waals surface area contributed by atoms with E-state index in [1.165, 1.54) is 25.0 Å². The van der Waals surface area contributed by atoms with Gasteiger partial charge >= 0.3 is 0 Å². The van der Waals surface area contributed by atoms with Crippen LogP contribution in [0.3, 0.4) is 0 Å². The van der Waals surface area contributed by atoms with Gasteiger partial charge in [0.15, 0.2) is 0 Å². The van der Waals surface area contributed by atoms with Crippen LogP contribution >= 0.6 is 0 Å². The molecule has 1 saturated carbocycles. The number of carbonyl (C=O) groups is 2. The molecule has 2 aliphatic rings. The fourth-order valence-corrected chi connectivity index (χ4v) is 3.85. The van der Waals surface area contributed by atoms with Crippen molar-refractivity contribution in [1.29, 1.82) is 0 Å². The molecule has 6 heteroatoms. The molecule has 1 N–H and O–H groups in total. The van der Waals surface area contributed by atoms with E-state index >= 15 is 0 Å². The number of likely N-dealkylation sites (N-methyl/N-ethyl adjacent to an activating group) is 1. The Morgan fingerprint density at radius 1 is 1.36 bits per heavy atom. The van der Waals surface area contributed by atoms with Gasteiger partial charge in [0.2, 0.25) is 11.8 Å². The van der Waals surface area contributed by atoms with Crippen LogP contribution in [0.1, 0.15) is 37.7 Å². The highest BCUT2D eigenvalue weighted by molar-refractivity contribution is 5.83. The van der Waals surface area contributed by atoms with Crippen LogP contribution in [-0.2, 0) is 16.1 Å². The van der Waals surface area contributed by atoms with Gasteiger partial charge in [-0.15, -0.1) is 0 Å². The van der Waals surface area contributed by atoms with Crippen molar-refractivity contribution in [2.75, 3.05) is 20.1 Å². The van der Waals surface area contributed by atoms with Crippen molar-refractivity contribution in [3.63, 3.8) is 0 Å². The summed E-state index contributed by atoms with van der Waals surface area (Å²) >= 11 is 0. The SMILES string of the molecule is CN(CC(=O)N[C@H]1CC(=O)N(Cc2cccc(F)c2)C1)C1CCCC1. The first-order valence-electron chi connectivity index (χ1n) is 9.03. The molecule has 1 aliphatic heterocycles. The highest BCUT2D eigenvalue weighted by atomic mass is 19.1. The first-order chi connectivity index (χ1) is 12.0. The zero-order valence-corrected chi connectivity index (χ0v) is 14.7. The molecule has 3 rings (SSSR count). The summed E-state index contributed by atoms with van der Waals surface area (Å²) in [7, 11) is 1.99. The van der Waals surface area contributed by atoms with Gasteiger partial charge in [0, 0.05) is 25.6 Å². The third kappa shape index (κ3) is 4.78. The summed E-state index contributed by atoms with van der Waals surface area (Å²) in [6.07, 6.45) is 5.11. The first-order valence-corrected chi connectivity index (χ1v) is 9.03. The van der Waals surface area contributed by atoms with Gasteiger partial charge in [-0.3, -0.25) is 14.5 Å². The zero-order chi connectivity index (χ0) is 17.8. The minimum absolute atomic E-state index is 0.00120. The molecule has 136 valence electrons.